The molecule has 1 aliphatic heterocycles. The van der Waals surface area contributed by atoms with Crippen LogP contribution in [0.4, 0.5) is 0 Å². The van der Waals surface area contributed by atoms with Crippen molar-refractivity contribution in [3.05, 3.63) is 28.6 Å². The molecule has 1 unspecified atom stereocenters. The van der Waals surface area contributed by atoms with E-state index < -0.39 is 27.9 Å². The maximum Gasteiger partial charge on any atom is 0.325 e. The molecule has 0 spiro atoms. The lowest BCUT2D eigenvalue weighted by molar-refractivity contribution is -0.141. The summed E-state index contributed by atoms with van der Waals surface area (Å²) >= 11 is 1.32. The highest BCUT2D eigenvalue weighted by atomic mass is 32.2. The van der Waals surface area contributed by atoms with Gasteiger partial charge in [-0.25, -0.2) is 8.42 Å². The van der Waals surface area contributed by atoms with Crippen molar-refractivity contribution >= 4 is 43.5 Å². The largest absolute Gasteiger partial charge is 0.468 e. The number of nitrogens with zero attached hydrogens (tertiary/aromatic N) is 3. The van der Waals surface area contributed by atoms with Crippen molar-refractivity contribution in [1.82, 2.24) is 8.87 Å². The molecule has 1 saturated heterocycles. The van der Waals surface area contributed by atoms with Crippen LogP contribution in [0.15, 0.2) is 23.2 Å². The number of benzene rings is 1. The number of unbranched alkanes of at least 4 members (excludes halogenated alkanes) is 1. The molecule has 1 aromatic heterocycles. The smallest absolute Gasteiger partial charge is 0.325 e. The highest BCUT2D eigenvalue weighted by molar-refractivity contribution is 7.88. The maximum absolute atomic E-state index is 12.9. The van der Waals surface area contributed by atoms with Gasteiger partial charge in [0.25, 0.3) is 5.91 Å². The van der Waals surface area contributed by atoms with Crippen molar-refractivity contribution in [2.75, 3.05) is 19.9 Å². The Morgan fingerprint density at radius 3 is 2.77 bits per heavy atom. The first-order valence-electron chi connectivity index (χ1n) is 9.99. The quantitative estimate of drug-likeness (QED) is 0.598. The molecule has 164 valence electrons. The number of esters is 1. The van der Waals surface area contributed by atoms with E-state index in [1.165, 1.54) is 28.3 Å². The van der Waals surface area contributed by atoms with Gasteiger partial charge in [0.1, 0.15) is 12.6 Å². The van der Waals surface area contributed by atoms with Crippen molar-refractivity contribution in [2.45, 2.75) is 51.6 Å². The van der Waals surface area contributed by atoms with Gasteiger partial charge in [0.05, 0.1) is 23.6 Å². The number of rotatable bonds is 7. The lowest BCUT2D eigenvalue weighted by Gasteiger charge is -2.18. The average molecular weight is 454 g/mol. The summed E-state index contributed by atoms with van der Waals surface area (Å²) < 4.78 is 32.6. The van der Waals surface area contributed by atoms with Crippen LogP contribution < -0.4 is 4.80 Å². The van der Waals surface area contributed by atoms with Crippen molar-refractivity contribution in [3.63, 3.8) is 0 Å². The summed E-state index contributed by atoms with van der Waals surface area (Å²) in [5, 5.41) is 0. The van der Waals surface area contributed by atoms with Crippen LogP contribution in [-0.4, -0.2) is 55.1 Å². The number of aromatic nitrogens is 1. The van der Waals surface area contributed by atoms with Gasteiger partial charge in [-0.3, -0.25) is 9.59 Å². The number of ether oxygens (including phenoxy) is 1. The molecule has 30 heavy (non-hydrogen) atoms. The highest BCUT2D eigenvalue weighted by Crippen LogP contribution is 2.23. The van der Waals surface area contributed by atoms with E-state index in [1.807, 2.05) is 12.1 Å². The molecule has 3 rings (SSSR count). The first-order valence-corrected chi connectivity index (χ1v) is 12.7. The molecule has 0 radical (unpaired) electrons. The Kier molecular flexibility index (Phi) is 7.10. The summed E-state index contributed by atoms with van der Waals surface area (Å²) in [6.07, 6.45) is 5.30. The average Bonchev–Trinajstić information content (AvgIpc) is 3.31. The van der Waals surface area contributed by atoms with Crippen LogP contribution >= 0.6 is 11.3 Å². The summed E-state index contributed by atoms with van der Waals surface area (Å²) in [6.45, 7) is 2.39. The van der Waals surface area contributed by atoms with Gasteiger partial charge in [-0.15, -0.1) is 0 Å². The minimum absolute atomic E-state index is 0.0720. The second kappa shape index (κ2) is 9.40. The molecule has 1 atom stereocenters. The second-order valence-corrected chi connectivity index (χ2v) is 10.4. The summed E-state index contributed by atoms with van der Waals surface area (Å²) in [6, 6.07) is 5.22. The van der Waals surface area contributed by atoms with E-state index in [2.05, 4.69) is 18.0 Å². The molecule has 0 N–H and O–H groups in total. The highest BCUT2D eigenvalue weighted by Gasteiger charge is 2.36. The number of carbonyl (C=O) groups excluding carboxylic acids is 2. The minimum Gasteiger partial charge on any atom is -0.468 e. The van der Waals surface area contributed by atoms with Gasteiger partial charge >= 0.3 is 5.97 Å². The van der Waals surface area contributed by atoms with Crippen molar-refractivity contribution in [3.8, 4) is 0 Å². The van der Waals surface area contributed by atoms with Crippen LogP contribution in [0.25, 0.3) is 10.2 Å². The number of hydrogen-bond acceptors (Lipinski definition) is 6. The van der Waals surface area contributed by atoms with Gasteiger partial charge in [0.15, 0.2) is 4.80 Å². The number of thiazole rings is 1. The fourth-order valence-corrected chi connectivity index (χ4v) is 5.86. The molecule has 1 aromatic carbocycles. The molecule has 1 amide bonds. The van der Waals surface area contributed by atoms with E-state index in [1.54, 1.807) is 4.57 Å². The molecule has 0 bridgehead atoms. The van der Waals surface area contributed by atoms with E-state index in [-0.39, 0.29) is 6.54 Å². The molecular weight excluding hydrogens is 426 g/mol. The van der Waals surface area contributed by atoms with E-state index in [4.69, 9.17) is 4.74 Å². The topological polar surface area (TPSA) is 98.0 Å². The van der Waals surface area contributed by atoms with Gasteiger partial charge in [-0.2, -0.15) is 9.30 Å². The summed E-state index contributed by atoms with van der Waals surface area (Å²) in [5.74, 6) is -0.952. The molecule has 2 heterocycles. The van der Waals surface area contributed by atoms with Crippen molar-refractivity contribution in [2.24, 2.45) is 4.99 Å². The number of sulfonamides is 1. The van der Waals surface area contributed by atoms with Crippen LogP contribution in [0.5, 0.6) is 0 Å². The second-order valence-electron chi connectivity index (χ2n) is 7.43. The van der Waals surface area contributed by atoms with E-state index in [0.29, 0.717) is 24.2 Å². The Hall–Kier alpha value is -2.04. The maximum atomic E-state index is 12.9. The molecule has 8 nitrogen and oxygen atoms in total. The number of aryl methyl sites for hydroxylation is 1. The summed E-state index contributed by atoms with van der Waals surface area (Å²) in [4.78, 5) is 29.4. The van der Waals surface area contributed by atoms with Crippen molar-refractivity contribution < 1.29 is 22.7 Å². The minimum atomic E-state index is -3.49. The predicted molar refractivity (Wildman–Crippen MR) is 116 cm³/mol. The first kappa shape index (κ1) is 22.6. The first-order chi connectivity index (χ1) is 14.2. The Morgan fingerprint density at radius 1 is 1.33 bits per heavy atom. The molecule has 0 saturated carbocycles. The van der Waals surface area contributed by atoms with Crippen LogP contribution in [0.2, 0.25) is 0 Å². The van der Waals surface area contributed by atoms with E-state index >= 15 is 0 Å². The van der Waals surface area contributed by atoms with Crippen LogP contribution in [0, 0.1) is 0 Å². The molecule has 10 heteroatoms. The Morgan fingerprint density at radius 2 is 2.10 bits per heavy atom. The molecular formula is C20H27N3O5S2. The molecule has 2 aromatic rings. The fourth-order valence-electron chi connectivity index (χ4n) is 3.64. The van der Waals surface area contributed by atoms with Gasteiger partial charge < -0.3 is 9.30 Å². The number of fused-ring (bicyclic) bond motifs is 1. The zero-order valence-corrected chi connectivity index (χ0v) is 19.1. The number of amides is 1. The Labute approximate surface area is 180 Å². The zero-order valence-electron chi connectivity index (χ0n) is 17.5. The van der Waals surface area contributed by atoms with Gasteiger partial charge in [-0.05, 0) is 43.4 Å². The number of hydrogen-bond donors (Lipinski definition) is 0. The predicted octanol–water partition coefficient (Wildman–Crippen LogP) is 2.07. The lowest BCUT2D eigenvalue weighted by Crippen LogP contribution is -2.40. The monoisotopic (exact) mass is 453 g/mol. The summed E-state index contributed by atoms with van der Waals surface area (Å²) in [5.41, 5.74) is 1.98. The third kappa shape index (κ3) is 4.98. The van der Waals surface area contributed by atoms with E-state index in [9.17, 15) is 18.0 Å². The molecule has 1 fully saturated rings. The van der Waals surface area contributed by atoms with Crippen molar-refractivity contribution in [1.29, 1.82) is 0 Å². The van der Waals surface area contributed by atoms with E-state index in [0.717, 1.165) is 35.7 Å². The normalized spacial score (nSPS) is 18.2. The standard InChI is InChI=1S/C20H27N3O5S2/c1-4-5-7-14-9-10-15-17(12-14)29-20(22(15)13-18(24)28-2)21-19(25)16-8-6-11-23(16)30(3,26)27/h9-10,12,16H,4-8,11,13H2,1-3H3. The molecule has 1 aliphatic rings. The number of carbonyl (C=O) groups is 2. The van der Waals surface area contributed by atoms with Crippen LogP contribution in [0.3, 0.4) is 0 Å². The molecule has 0 aliphatic carbocycles. The van der Waals surface area contributed by atoms with Crippen LogP contribution in [0.1, 0.15) is 38.2 Å². The number of methoxy groups -OCH3 is 1. The van der Waals surface area contributed by atoms with Gasteiger partial charge in [-0.1, -0.05) is 30.7 Å². The zero-order chi connectivity index (χ0) is 21.9. The Balaban J connectivity index is 2.04. The van der Waals surface area contributed by atoms with Gasteiger partial charge in [0, 0.05) is 6.54 Å². The SMILES string of the molecule is CCCCc1ccc2c(c1)sc(=NC(=O)C1CCCN1S(C)(=O)=O)n2CC(=O)OC. The third-order valence-electron chi connectivity index (χ3n) is 5.20. The fraction of sp³-hybridized carbons (Fsp3) is 0.550. The lowest BCUT2D eigenvalue weighted by atomic mass is 10.1. The summed E-state index contributed by atoms with van der Waals surface area (Å²) in [7, 11) is -2.18. The third-order valence-corrected chi connectivity index (χ3v) is 7.53. The Bertz CT molecular complexity index is 1120. The van der Waals surface area contributed by atoms with Crippen LogP contribution in [-0.2, 0) is 37.3 Å². The van der Waals surface area contributed by atoms with Gasteiger partial charge in [0.2, 0.25) is 10.0 Å².